The van der Waals surface area contributed by atoms with Crippen molar-refractivity contribution in [2.75, 3.05) is 13.7 Å². The maximum Gasteiger partial charge on any atom is 0.302 e. The lowest BCUT2D eigenvalue weighted by atomic mass is 9.98. The lowest BCUT2D eigenvalue weighted by Gasteiger charge is -2.16. The highest BCUT2D eigenvalue weighted by molar-refractivity contribution is 5.65. The van der Waals surface area contributed by atoms with Gasteiger partial charge in [0.1, 0.15) is 34.9 Å². The van der Waals surface area contributed by atoms with E-state index in [-0.39, 0.29) is 17.5 Å². The van der Waals surface area contributed by atoms with Crippen LogP contribution in [-0.4, -0.2) is 35.5 Å². The Kier molecular flexibility index (Phi) is 11.3. The Balaban J connectivity index is 0.000000247. The number of halogens is 1. The normalized spacial score (nSPS) is 14.6. The number of nitriles is 1. The molecule has 42 heavy (non-hydrogen) atoms. The third kappa shape index (κ3) is 9.22. The predicted octanol–water partition coefficient (Wildman–Crippen LogP) is 7.14. The monoisotopic (exact) mass is 577 g/mol. The van der Waals surface area contributed by atoms with Gasteiger partial charge in [0.25, 0.3) is 0 Å². The number of aryl methyl sites for hydroxylation is 1. The second-order valence-electron chi connectivity index (χ2n) is 11.2. The van der Waals surface area contributed by atoms with Crippen LogP contribution in [0.25, 0.3) is 0 Å². The first-order chi connectivity index (χ1) is 19.9. The number of esters is 1. The lowest BCUT2D eigenvalue weighted by molar-refractivity contribution is -0.137. The Bertz CT molecular complexity index is 1420. The van der Waals surface area contributed by atoms with Crippen LogP contribution in [0.15, 0.2) is 48.5 Å². The van der Waals surface area contributed by atoms with Gasteiger partial charge in [-0.15, -0.1) is 0 Å². The van der Waals surface area contributed by atoms with Gasteiger partial charge >= 0.3 is 5.97 Å². The number of nitrogens with zero attached hydrogens (tertiary/aromatic N) is 1. The molecule has 1 unspecified atom stereocenters. The molecular weight excluding hydrogens is 537 g/mol. The van der Waals surface area contributed by atoms with E-state index in [2.05, 4.69) is 17.7 Å². The van der Waals surface area contributed by atoms with Crippen molar-refractivity contribution in [3.8, 4) is 29.1 Å². The topological polar surface area (TPSA) is 109 Å². The van der Waals surface area contributed by atoms with E-state index in [0.717, 1.165) is 61.2 Å². The second-order valence-corrected chi connectivity index (χ2v) is 11.2. The van der Waals surface area contributed by atoms with Crippen molar-refractivity contribution in [2.45, 2.75) is 77.7 Å². The number of carbonyl (C=O) groups excluding carboxylic acids is 1. The number of methoxy groups -OCH3 is 1. The van der Waals surface area contributed by atoms with Gasteiger partial charge in [-0.1, -0.05) is 19.1 Å². The summed E-state index contributed by atoms with van der Waals surface area (Å²) < 4.78 is 29.3. The number of aromatic hydroxyl groups is 1. The number of carbonyl (C=O) groups is 1. The summed E-state index contributed by atoms with van der Waals surface area (Å²) in [7, 11) is 1.35. The van der Waals surface area contributed by atoms with Crippen molar-refractivity contribution in [3.63, 3.8) is 0 Å². The molecule has 1 heterocycles. The average Bonchev–Trinajstić information content (AvgIpc) is 3.58. The molecule has 0 amide bonds. The van der Waals surface area contributed by atoms with Crippen LogP contribution in [0.1, 0.15) is 80.7 Å². The number of ether oxygens (including phenoxy) is 3. The van der Waals surface area contributed by atoms with Crippen LogP contribution < -0.4 is 9.47 Å². The molecule has 8 heteroatoms. The van der Waals surface area contributed by atoms with Gasteiger partial charge < -0.3 is 24.4 Å². The molecular formula is C34H40FNO6. The van der Waals surface area contributed by atoms with Gasteiger partial charge in [-0.25, -0.2) is 4.39 Å². The van der Waals surface area contributed by atoms with Gasteiger partial charge in [-0.3, -0.25) is 4.79 Å². The molecule has 1 aliphatic heterocycles. The molecule has 0 aromatic heterocycles. The van der Waals surface area contributed by atoms with E-state index in [0.29, 0.717) is 29.4 Å². The Labute approximate surface area is 247 Å². The molecule has 0 spiro atoms. The van der Waals surface area contributed by atoms with Crippen LogP contribution >= 0.6 is 0 Å². The summed E-state index contributed by atoms with van der Waals surface area (Å²) in [6.07, 6.45) is 4.82. The minimum Gasteiger partial charge on any atom is -0.508 e. The number of phenols is 1. The molecule has 1 atom stereocenters. The zero-order valence-corrected chi connectivity index (χ0v) is 25.0. The van der Waals surface area contributed by atoms with Gasteiger partial charge in [0.05, 0.1) is 24.9 Å². The van der Waals surface area contributed by atoms with Crippen molar-refractivity contribution in [1.82, 2.24) is 0 Å². The zero-order valence-electron chi connectivity index (χ0n) is 25.0. The molecule has 0 bridgehead atoms. The summed E-state index contributed by atoms with van der Waals surface area (Å²) in [6, 6.07) is 16.2. The standard InChI is InChI=1S/C22H24FNO2.C9H10O2.C3H6O2/c1-22(2,25)12-4-5-15-8-10-20(16(13-15)14-24)26-21-11-9-19(23)17-6-3-7-18(17)21;1-6-5-11-9-4-7(10)2-3-8(6)9;1-3(4)5-2/h8-11,13,25H,3-7,12H2,1-2H3;2-4,6,10H,5H2,1H3;1-2H3. The summed E-state index contributed by atoms with van der Waals surface area (Å²) in [5, 5.41) is 28.4. The minimum absolute atomic E-state index is 0.174. The smallest absolute Gasteiger partial charge is 0.302 e. The number of benzene rings is 3. The van der Waals surface area contributed by atoms with Crippen LogP contribution in [-0.2, 0) is 28.8 Å². The Morgan fingerprint density at radius 3 is 2.48 bits per heavy atom. The van der Waals surface area contributed by atoms with E-state index in [1.807, 2.05) is 24.3 Å². The molecule has 3 aromatic rings. The molecule has 5 rings (SSSR count). The molecule has 0 radical (unpaired) electrons. The number of hydrogen-bond acceptors (Lipinski definition) is 7. The second kappa shape index (κ2) is 14.7. The molecule has 0 saturated heterocycles. The minimum atomic E-state index is -0.677. The molecule has 224 valence electrons. The van der Waals surface area contributed by atoms with Gasteiger partial charge in [0.15, 0.2) is 0 Å². The number of fused-ring (bicyclic) bond motifs is 2. The first-order valence-electron chi connectivity index (χ1n) is 14.2. The van der Waals surface area contributed by atoms with E-state index < -0.39 is 5.60 Å². The summed E-state index contributed by atoms with van der Waals surface area (Å²) in [6.45, 7) is 7.80. The Hall–Kier alpha value is -4.09. The number of hydrogen-bond donors (Lipinski definition) is 2. The van der Waals surface area contributed by atoms with Crippen LogP contribution in [0, 0.1) is 17.1 Å². The van der Waals surface area contributed by atoms with Crippen LogP contribution in [0.3, 0.4) is 0 Å². The lowest BCUT2D eigenvalue weighted by Crippen LogP contribution is -2.18. The Morgan fingerprint density at radius 2 is 1.81 bits per heavy atom. The zero-order chi connectivity index (χ0) is 30.9. The highest BCUT2D eigenvalue weighted by Crippen LogP contribution is 2.37. The highest BCUT2D eigenvalue weighted by atomic mass is 19.1. The first-order valence-corrected chi connectivity index (χ1v) is 14.2. The number of phenolic OH excluding ortho intramolecular Hbond substituents is 1. The fourth-order valence-corrected chi connectivity index (χ4v) is 4.84. The van der Waals surface area contributed by atoms with E-state index in [1.54, 1.807) is 32.0 Å². The SMILES string of the molecule is CC(C)(O)CCCc1ccc(Oc2ccc(F)c3c2CCC3)c(C#N)c1.CC1COc2cc(O)ccc21.COC(C)=O. The highest BCUT2D eigenvalue weighted by Gasteiger charge is 2.21. The van der Waals surface area contributed by atoms with Crippen LogP contribution in [0.4, 0.5) is 4.39 Å². The molecule has 0 fully saturated rings. The Morgan fingerprint density at radius 1 is 1.12 bits per heavy atom. The molecule has 3 aromatic carbocycles. The van der Waals surface area contributed by atoms with Gasteiger partial charge in [0.2, 0.25) is 0 Å². The van der Waals surface area contributed by atoms with Crippen molar-refractivity contribution < 1.29 is 33.6 Å². The average molecular weight is 578 g/mol. The summed E-state index contributed by atoms with van der Waals surface area (Å²) in [5.74, 6) is 2.29. The third-order valence-electron chi connectivity index (χ3n) is 7.13. The van der Waals surface area contributed by atoms with E-state index in [9.17, 15) is 19.6 Å². The number of aliphatic hydroxyl groups is 1. The maximum atomic E-state index is 13.9. The maximum absolute atomic E-state index is 13.9. The van der Waals surface area contributed by atoms with Gasteiger partial charge in [-0.2, -0.15) is 5.26 Å². The summed E-state index contributed by atoms with van der Waals surface area (Å²) in [4.78, 5) is 9.59. The van der Waals surface area contributed by atoms with E-state index in [4.69, 9.17) is 14.6 Å². The molecule has 2 aliphatic rings. The largest absolute Gasteiger partial charge is 0.508 e. The number of rotatable bonds is 6. The molecule has 0 saturated carbocycles. The molecule has 7 nitrogen and oxygen atoms in total. The fourth-order valence-electron chi connectivity index (χ4n) is 4.84. The van der Waals surface area contributed by atoms with E-state index >= 15 is 0 Å². The fraction of sp³-hybridized carbons (Fsp3) is 0.412. The van der Waals surface area contributed by atoms with Crippen LogP contribution in [0.2, 0.25) is 0 Å². The van der Waals surface area contributed by atoms with Gasteiger partial charge in [0, 0.05) is 30.0 Å². The summed E-state index contributed by atoms with van der Waals surface area (Å²) >= 11 is 0. The van der Waals surface area contributed by atoms with Crippen molar-refractivity contribution >= 4 is 5.97 Å². The molecule has 1 aliphatic carbocycles. The summed E-state index contributed by atoms with van der Waals surface area (Å²) in [5.41, 5.74) is 3.70. The quantitative estimate of drug-likeness (QED) is 0.300. The van der Waals surface area contributed by atoms with Gasteiger partial charge in [-0.05, 0) is 93.8 Å². The molecule has 2 N–H and O–H groups in total. The predicted molar refractivity (Wildman–Crippen MR) is 159 cm³/mol. The first kappa shape index (κ1) is 32.4. The van der Waals surface area contributed by atoms with Crippen molar-refractivity contribution in [1.29, 1.82) is 5.26 Å². The van der Waals surface area contributed by atoms with Crippen LogP contribution in [0.5, 0.6) is 23.0 Å². The van der Waals surface area contributed by atoms with Crippen molar-refractivity contribution in [3.05, 3.63) is 82.2 Å². The van der Waals surface area contributed by atoms with E-state index in [1.165, 1.54) is 25.7 Å². The third-order valence-corrected chi connectivity index (χ3v) is 7.13. The van der Waals surface area contributed by atoms with Crippen molar-refractivity contribution in [2.24, 2.45) is 0 Å².